The summed E-state index contributed by atoms with van der Waals surface area (Å²) in [7, 11) is 0. The number of carbonyl (C=O) groups is 1. The lowest BCUT2D eigenvalue weighted by atomic mass is 10.2. The summed E-state index contributed by atoms with van der Waals surface area (Å²) in [5, 5.41) is 2.35. The Morgan fingerprint density at radius 1 is 0.867 bits per heavy atom. The van der Waals surface area contributed by atoms with E-state index in [0.29, 0.717) is 36.0 Å². The van der Waals surface area contributed by atoms with Gasteiger partial charge in [0.05, 0.1) is 22.3 Å². The van der Waals surface area contributed by atoms with Gasteiger partial charge in [-0.25, -0.2) is 4.98 Å². The van der Waals surface area contributed by atoms with Crippen LogP contribution < -0.4 is 16.0 Å². The lowest BCUT2D eigenvalue weighted by Gasteiger charge is -2.25. The summed E-state index contributed by atoms with van der Waals surface area (Å²) < 4.78 is 0. The molecule has 4 rings (SSSR count). The lowest BCUT2D eigenvalue weighted by molar-refractivity contribution is -0.121. The molecule has 0 aliphatic heterocycles. The molecular formula is C24H22N4O2. The van der Waals surface area contributed by atoms with Crippen LogP contribution in [0.1, 0.15) is 18.7 Å². The molecule has 1 aromatic heterocycles. The number of benzene rings is 3. The minimum atomic E-state index is -0.153. The van der Waals surface area contributed by atoms with Gasteiger partial charge >= 0.3 is 0 Å². The second-order valence-electron chi connectivity index (χ2n) is 6.92. The molecule has 0 fully saturated rings. The van der Waals surface area contributed by atoms with Crippen molar-refractivity contribution >= 4 is 28.2 Å². The molecule has 1 amide bonds. The SMILES string of the molecule is O=C(CCCc1nc2ccccc2c(=O)[nH]1)NN(c1ccccc1)c1ccccc1. The van der Waals surface area contributed by atoms with Crippen molar-refractivity contribution in [2.24, 2.45) is 0 Å². The third-order valence-electron chi connectivity index (χ3n) is 4.74. The van der Waals surface area contributed by atoms with Crippen LogP contribution in [0.25, 0.3) is 10.9 Å². The highest BCUT2D eigenvalue weighted by Crippen LogP contribution is 2.22. The highest BCUT2D eigenvalue weighted by atomic mass is 16.2. The standard InChI is InChI=1S/C24H22N4O2/c29-23(17-9-16-22-25-21-15-8-7-14-20(21)24(30)26-22)27-28(18-10-3-1-4-11-18)19-12-5-2-6-13-19/h1-8,10-15H,9,16-17H2,(H,27,29)(H,25,26,30). The summed E-state index contributed by atoms with van der Waals surface area (Å²) in [5.74, 6) is 0.486. The zero-order valence-electron chi connectivity index (χ0n) is 16.4. The predicted molar refractivity (Wildman–Crippen MR) is 118 cm³/mol. The van der Waals surface area contributed by atoms with E-state index in [4.69, 9.17) is 0 Å². The number of para-hydroxylation sites is 3. The van der Waals surface area contributed by atoms with Gasteiger partial charge in [0.2, 0.25) is 5.91 Å². The molecule has 1 heterocycles. The first kappa shape index (κ1) is 19.4. The molecule has 2 N–H and O–H groups in total. The minimum absolute atomic E-state index is 0.106. The van der Waals surface area contributed by atoms with Crippen molar-refractivity contribution in [2.45, 2.75) is 19.3 Å². The number of fused-ring (bicyclic) bond motifs is 1. The number of aromatic amines is 1. The first-order chi connectivity index (χ1) is 14.7. The van der Waals surface area contributed by atoms with Crippen LogP contribution in [0.5, 0.6) is 0 Å². The molecule has 0 aliphatic rings. The lowest BCUT2D eigenvalue weighted by Crippen LogP contribution is -2.38. The topological polar surface area (TPSA) is 78.1 Å². The number of hydrogen-bond donors (Lipinski definition) is 2. The van der Waals surface area contributed by atoms with E-state index in [0.717, 1.165) is 11.4 Å². The van der Waals surface area contributed by atoms with E-state index in [2.05, 4.69) is 15.4 Å². The zero-order chi connectivity index (χ0) is 20.8. The number of hydrazine groups is 1. The van der Waals surface area contributed by atoms with Crippen molar-refractivity contribution in [3.63, 3.8) is 0 Å². The molecule has 0 unspecified atom stereocenters. The summed E-state index contributed by atoms with van der Waals surface area (Å²) in [6.45, 7) is 0. The number of amides is 1. The van der Waals surface area contributed by atoms with Crippen LogP contribution in [0.3, 0.4) is 0 Å². The molecular weight excluding hydrogens is 376 g/mol. The number of rotatable bonds is 7. The maximum absolute atomic E-state index is 12.6. The van der Waals surface area contributed by atoms with Gasteiger partial charge in [0, 0.05) is 12.8 Å². The maximum Gasteiger partial charge on any atom is 0.258 e. The Morgan fingerprint density at radius 2 is 1.47 bits per heavy atom. The predicted octanol–water partition coefficient (Wildman–Crippen LogP) is 4.12. The fourth-order valence-electron chi connectivity index (χ4n) is 3.28. The Morgan fingerprint density at radius 3 is 2.13 bits per heavy atom. The fourth-order valence-corrected chi connectivity index (χ4v) is 3.28. The average molecular weight is 398 g/mol. The molecule has 6 nitrogen and oxygen atoms in total. The third kappa shape index (κ3) is 4.55. The second kappa shape index (κ2) is 9.05. The van der Waals surface area contributed by atoms with Crippen LogP contribution in [0, 0.1) is 0 Å². The minimum Gasteiger partial charge on any atom is -0.310 e. The Kier molecular flexibility index (Phi) is 5.85. The van der Waals surface area contributed by atoms with Gasteiger partial charge < -0.3 is 4.98 Å². The van der Waals surface area contributed by atoms with E-state index >= 15 is 0 Å². The van der Waals surface area contributed by atoms with Gasteiger partial charge in [0.25, 0.3) is 5.56 Å². The summed E-state index contributed by atoms with van der Waals surface area (Å²) >= 11 is 0. The fraction of sp³-hybridized carbons (Fsp3) is 0.125. The van der Waals surface area contributed by atoms with Crippen molar-refractivity contribution in [3.05, 3.63) is 101 Å². The number of nitrogens with one attached hydrogen (secondary N) is 2. The summed E-state index contributed by atoms with van der Waals surface area (Å²) in [6, 6.07) is 26.6. The molecule has 0 atom stereocenters. The third-order valence-corrected chi connectivity index (χ3v) is 4.74. The quantitative estimate of drug-likeness (QED) is 0.459. The van der Waals surface area contributed by atoms with Gasteiger partial charge in [0.15, 0.2) is 0 Å². The Balaban J connectivity index is 1.41. The largest absolute Gasteiger partial charge is 0.310 e. The first-order valence-corrected chi connectivity index (χ1v) is 9.88. The Labute approximate surface area is 174 Å². The smallest absolute Gasteiger partial charge is 0.258 e. The van der Waals surface area contributed by atoms with Crippen molar-refractivity contribution in [1.29, 1.82) is 0 Å². The number of aryl methyl sites for hydroxylation is 1. The van der Waals surface area contributed by atoms with Gasteiger partial charge in [-0.15, -0.1) is 0 Å². The van der Waals surface area contributed by atoms with Gasteiger partial charge in [-0.3, -0.25) is 20.0 Å². The highest BCUT2D eigenvalue weighted by Gasteiger charge is 2.12. The van der Waals surface area contributed by atoms with E-state index in [9.17, 15) is 9.59 Å². The first-order valence-electron chi connectivity index (χ1n) is 9.88. The molecule has 0 radical (unpaired) electrons. The Bertz CT molecular complexity index is 1150. The second-order valence-corrected chi connectivity index (χ2v) is 6.92. The van der Waals surface area contributed by atoms with E-state index in [-0.39, 0.29) is 11.5 Å². The number of H-pyrrole nitrogens is 1. The molecule has 0 aliphatic carbocycles. The van der Waals surface area contributed by atoms with E-state index < -0.39 is 0 Å². The number of nitrogens with zero attached hydrogens (tertiary/aromatic N) is 2. The molecule has 0 spiro atoms. The highest BCUT2D eigenvalue weighted by molar-refractivity contribution is 5.80. The van der Waals surface area contributed by atoms with Crippen LogP contribution >= 0.6 is 0 Å². The van der Waals surface area contributed by atoms with Crippen LogP contribution in [0.2, 0.25) is 0 Å². The van der Waals surface area contributed by atoms with Gasteiger partial charge in [-0.05, 0) is 42.8 Å². The van der Waals surface area contributed by atoms with Crippen molar-refractivity contribution < 1.29 is 4.79 Å². The molecule has 4 aromatic rings. The van der Waals surface area contributed by atoms with Gasteiger partial charge in [-0.1, -0.05) is 48.5 Å². The average Bonchev–Trinajstić information content (AvgIpc) is 2.79. The number of hydrogen-bond acceptors (Lipinski definition) is 4. The summed E-state index contributed by atoms with van der Waals surface area (Å²) in [6.07, 6.45) is 1.40. The van der Waals surface area contributed by atoms with E-state index in [1.165, 1.54) is 0 Å². The van der Waals surface area contributed by atoms with Crippen LogP contribution in [0.15, 0.2) is 89.7 Å². The van der Waals surface area contributed by atoms with Gasteiger partial charge in [-0.2, -0.15) is 0 Å². The molecule has 6 heteroatoms. The van der Waals surface area contributed by atoms with Crippen LogP contribution in [-0.4, -0.2) is 15.9 Å². The normalized spacial score (nSPS) is 10.7. The van der Waals surface area contributed by atoms with Crippen molar-refractivity contribution in [1.82, 2.24) is 15.4 Å². The molecule has 30 heavy (non-hydrogen) atoms. The monoisotopic (exact) mass is 398 g/mol. The summed E-state index contributed by atoms with van der Waals surface area (Å²) in [4.78, 5) is 32.1. The van der Waals surface area contributed by atoms with Crippen LogP contribution in [-0.2, 0) is 11.2 Å². The number of carbonyl (C=O) groups excluding carboxylic acids is 1. The summed E-state index contributed by atoms with van der Waals surface area (Å²) in [5.41, 5.74) is 5.24. The molecule has 0 bridgehead atoms. The number of aromatic nitrogens is 2. The molecule has 0 saturated heterocycles. The van der Waals surface area contributed by atoms with E-state index in [1.54, 1.807) is 11.1 Å². The van der Waals surface area contributed by atoms with Crippen LogP contribution in [0.4, 0.5) is 11.4 Å². The zero-order valence-corrected chi connectivity index (χ0v) is 16.4. The molecule has 150 valence electrons. The maximum atomic E-state index is 12.6. The molecule has 3 aromatic carbocycles. The molecule has 0 saturated carbocycles. The van der Waals surface area contributed by atoms with Crippen molar-refractivity contribution in [3.8, 4) is 0 Å². The van der Waals surface area contributed by atoms with Gasteiger partial charge in [0.1, 0.15) is 5.82 Å². The number of anilines is 2. The Hall–Kier alpha value is -3.93. The van der Waals surface area contributed by atoms with E-state index in [1.807, 2.05) is 78.9 Å². The van der Waals surface area contributed by atoms with Crippen molar-refractivity contribution in [2.75, 3.05) is 5.01 Å².